The Labute approximate surface area is 91.1 Å². The number of hydrogen-bond donors (Lipinski definition) is 1. The standard InChI is InChI=1S/C11H20N4/c1-10-4-2-6-14(10)8-11(12)9-15-7-3-5-13-15/h3,5,7,10-11H,2,4,6,8-9,12H2,1H3/t10-,11+/m0/s1. The molecule has 0 bridgehead atoms. The molecule has 4 heteroatoms. The lowest BCUT2D eigenvalue weighted by Gasteiger charge is -2.24. The summed E-state index contributed by atoms with van der Waals surface area (Å²) in [6, 6.07) is 2.82. The van der Waals surface area contributed by atoms with Gasteiger partial charge in [0.1, 0.15) is 0 Å². The van der Waals surface area contributed by atoms with Crippen LogP contribution in [-0.4, -0.2) is 39.9 Å². The average Bonchev–Trinajstić information content (AvgIpc) is 2.79. The zero-order valence-electron chi connectivity index (χ0n) is 9.34. The maximum Gasteiger partial charge on any atom is 0.0573 e. The van der Waals surface area contributed by atoms with E-state index in [4.69, 9.17) is 5.73 Å². The van der Waals surface area contributed by atoms with Crippen LogP contribution >= 0.6 is 0 Å². The SMILES string of the molecule is C[C@H]1CCCN1C[C@@H](N)Cn1cccn1. The summed E-state index contributed by atoms with van der Waals surface area (Å²) >= 11 is 0. The van der Waals surface area contributed by atoms with Gasteiger partial charge in [0.2, 0.25) is 0 Å². The quantitative estimate of drug-likeness (QED) is 0.792. The molecule has 0 saturated carbocycles. The van der Waals surface area contributed by atoms with Crippen LogP contribution < -0.4 is 5.73 Å². The van der Waals surface area contributed by atoms with Gasteiger partial charge in [0.25, 0.3) is 0 Å². The molecular formula is C11H20N4. The minimum Gasteiger partial charge on any atom is -0.325 e. The molecule has 1 aliphatic heterocycles. The van der Waals surface area contributed by atoms with Crippen LogP contribution in [0.4, 0.5) is 0 Å². The van der Waals surface area contributed by atoms with Crippen LogP contribution in [0.3, 0.4) is 0 Å². The van der Waals surface area contributed by atoms with E-state index in [1.54, 1.807) is 6.20 Å². The van der Waals surface area contributed by atoms with E-state index in [0.717, 1.165) is 13.1 Å². The zero-order chi connectivity index (χ0) is 10.7. The van der Waals surface area contributed by atoms with Gasteiger partial charge in [-0.15, -0.1) is 0 Å². The lowest BCUT2D eigenvalue weighted by Crippen LogP contribution is -2.41. The van der Waals surface area contributed by atoms with Gasteiger partial charge in [-0.25, -0.2) is 0 Å². The third-order valence-corrected chi connectivity index (χ3v) is 3.14. The van der Waals surface area contributed by atoms with Crippen LogP contribution in [-0.2, 0) is 6.54 Å². The molecule has 0 spiro atoms. The molecule has 1 fully saturated rings. The Morgan fingerprint density at radius 3 is 3.00 bits per heavy atom. The molecule has 2 heterocycles. The molecule has 0 unspecified atom stereocenters. The molecule has 1 aromatic heterocycles. The van der Waals surface area contributed by atoms with Crippen molar-refractivity contribution < 1.29 is 0 Å². The first-order chi connectivity index (χ1) is 7.25. The molecule has 0 aliphatic carbocycles. The average molecular weight is 208 g/mol. The number of nitrogens with two attached hydrogens (primary N) is 1. The van der Waals surface area contributed by atoms with Crippen LogP contribution in [0, 0.1) is 0 Å². The van der Waals surface area contributed by atoms with E-state index in [-0.39, 0.29) is 6.04 Å². The van der Waals surface area contributed by atoms with Gasteiger partial charge in [0, 0.05) is 31.0 Å². The van der Waals surface area contributed by atoms with E-state index in [0.29, 0.717) is 6.04 Å². The third kappa shape index (κ3) is 2.79. The van der Waals surface area contributed by atoms with Gasteiger partial charge >= 0.3 is 0 Å². The van der Waals surface area contributed by atoms with E-state index in [9.17, 15) is 0 Å². The zero-order valence-corrected chi connectivity index (χ0v) is 9.34. The minimum absolute atomic E-state index is 0.186. The largest absolute Gasteiger partial charge is 0.325 e. The molecule has 4 nitrogen and oxygen atoms in total. The fraction of sp³-hybridized carbons (Fsp3) is 0.727. The summed E-state index contributed by atoms with van der Waals surface area (Å²) in [4.78, 5) is 2.48. The Kier molecular flexibility index (Phi) is 3.38. The molecule has 2 N–H and O–H groups in total. The van der Waals surface area contributed by atoms with Crippen molar-refractivity contribution in [3.05, 3.63) is 18.5 Å². The smallest absolute Gasteiger partial charge is 0.0573 e. The van der Waals surface area contributed by atoms with Crippen molar-refractivity contribution in [3.8, 4) is 0 Å². The second kappa shape index (κ2) is 4.77. The molecule has 2 rings (SSSR count). The van der Waals surface area contributed by atoms with Crippen LogP contribution in [0.2, 0.25) is 0 Å². The summed E-state index contributed by atoms with van der Waals surface area (Å²) in [6.07, 6.45) is 6.39. The van der Waals surface area contributed by atoms with Crippen LogP contribution in [0.1, 0.15) is 19.8 Å². The van der Waals surface area contributed by atoms with E-state index >= 15 is 0 Å². The highest BCUT2D eigenvalue weighted by Crippen LogP contribution is 2.16. The maximum atomic E-state index is 6.10. The lowest BCUT2D eigenvalue weighted by atomic mass is 10.2. The van der Waals surface area contributed by atoms with Gasteiger partial charge in [0.05, 0.1) is 6.54 Å². The highest BCUT2D eigenvalue weighted by Gasteiger charge is 2.21. The highest BCUT2D eigenvalue weighted by molar-refractivity contribution is 4.82. The molecule has 0 radical (unpaired) electrons. The van der Waals surface area contributed by atoms with Crippen molar-refractivity contribution >= 4 is 0 Å². The van der Waals surface area contributed by atoms with E-state index in [1.807, 2.05) is 16.9 Å². The highest BCUT2D eigenvalue weighted by atomic mass is 15.3. The minimum atomic E-state index is 0.186. The Morgan fingerprint density at radius 1 is 1.53 bits per heavy atom. The Balaban J connectivity index is 1.79. The summed E-state index contributed by atoms with van der Waals surface area (Å²) in [7, 11) is 0. The van der Waals surface area contributed by atoms with Gasteiger partial charge in [-0.1, -0.05) is 0 Å². The molecule has 0 aromatic carbocycles. The maximum absolute atomic E-state index is 6.10. The number of hydrogen-bond acceptors (Lipinski definition) is 3. The molecule has 1 aliphatic rings. The molecule has 1 aromatic rings. The molecule has 1 saturated heterocycles. The van der Waals surface area contributed by atoms with Gasteiger partial charge < -0.3 is 5.73 Å². The lowest BCUT2D eigenvalue weighted by molar-refractivity contribution is 0.241. The fourth-order valence-electron chi connectivity index (χ4n) is 2.27. The second-order valence-electron chi connectivity index (χ2n) is 4.47. The monoisotopic (exact) mass is 208 g/mol. The van der Waals surface area contributed by atoms with Crippen molar-refractivity contribution in [2.45, 2.75) is 38.4 Å². The fourth-order valence-corrected chi connectivity index (χ4v) is 2.27. The first-order valence-electron chi connectivity index (χ1n) is 5.73. The van der Waals surface area contributed by atoms with Gasteiger partial charge in [-0.3, -0.25) is 9.58 Å². The van der Waals surface area contributed by atoms with Gasteiger partial charge in [-0.05, 0) is 32.4 Å². The Morgan fingerprint density at radius 2 is 2.40 bits per heavy atom. The van der Waals surface area contributed by atoms with Crippen molar-refractivity contribution in [1.29, 1.82) is 0 Å². The van der Waals surface area contributed by atoms with Gasteiger partial charge in [-0.2, -0.15) is 5.10 Å². The first-order valence-corrected chi connectivity index (χ1v) is 5.73. The normalized spacial score (nSPS) is 24.5. The van der Waals surface area contributed by atoms with Crippen LogP contribution in [0.5, 0.6) is 0 Å². The first kappa shape index (κ1) is 10.6. The second-order valence-corrected chi connectivity index (χ2v) is 4.47. The number of rotatable bonds is 4. The Bertz CT molecular complexity index is 283. The molecule has 2 atom stereocenters. The van der Waals surface area contributed by atoms with Crippen molar-refractivity contribution in [2.24, 2.45) is 5.73 Å². The van der Waals surface area contributed by atoms with Crippen LogP contribution in [0.25, 0.3) is 0 Å². The van der Waals surface area contributed by atoms with Crippen molar-refractivity contribution in [2.75, 3.05) is 13.1 Å². The van der Waals surface area contributed by atoms with E-state index in [2.05, 4.69) is 16.9 Å². The van der Waals surface area contributed by atoms with E-state index < -0.39 is 0 Å². The Hall–Kier alpha value is -0.870. The molecule has 15 heavy (non-hydrogen) atoms. The summed E-state index contributed by atoms with van der Waals surface area (Å²) in [6.45, 7) is 5.29. The number of aromatic nitrogens is 2. The van der Waals surface area contributed by atoms with Crippen molar-refractivity contribution in [3.63, 3.8) is 0 Å². The predicted octanol–water partition coefficient (Wildman–Crippen LogP) is 0.695. The topological polar surface area (TPSA) is 47.1 Å². The van der Waals surface area contributed by atoms with E-state index in [1.165, 1.54) is 19.4 Å². The van der Waals surface area contributed by atoms with Crippen molar-refractivity contribution in [1.82, 2.24) is 14.7 Å². The third-order valence-electron chi connectivity index (χ3n) is 3.14. The summed E-state index contributed by atoms with van der Waals surface area (Å²) in [5.74, 6) is 0. The number of nitrogens with zero attached hydrogens (tertiary/aromatic N) is 3. The molecule has 0 amide bonds. The molecule has 84 valence electrons. The molecular weight excluding hydrogens is 188 g/mol. The summed E-state index contributed by atoms with van der Waals surface area (Å²) in [5, 5.41) is 4.17. The summed E-state index contributed by atoms with van der Waals surface area (Å²) < 4.78 is 1.91. The van der Waals surface area contributed by atoms with Gasteiger partial charge in [0.15, 0.2) is 0 Å². The van der Waals surface area contributed by atoms with Crippen LogP contribution in [0.15, 0.2) is 18.5 Å². The summed E-state index contributed by atoms with van der Waals surface area (Å²) in [5.41, 5.74) is 6.10. The number of likely N-dealkylation sites (tertiary alicyclic amines) is 1. The predicted molar refractivity (Wildman–Crippen MR) is 60.5 cm³/mol.